The van der Waals surface area contributed by atoms with E-state index in [4.69, 9.17) is 0 Å². The molecule has 1 saturated heterocycles. The Morgan fingerprint density at radius 2 is 2.14 bits per heavy atom. The minimum atomic E-state index is -0.515. The van der Waals surface area contributed by atoms with Gasteiger partial charge in [0.25, 0.3) is 0 Å². The van der Waals surface area contributed by atoms with Crippen LogP contribution in [0.15, 0.2) is 24.3 Å². The maximum atomic E-state index is 13.7. The van der Waals surface area contributed by atoms with Gasteiger partial charge in [-0.2, -0.15) is 0 Å². The number of piperazine rings is 1. The van der Waals surface area contributed by atoms with Crippen LogP contribution < -0.4 is 10.6 Å². The zero-order chi connectivity index (χ0) is 15.5. The molecule has 1 aromatic rings. The first kappa shape index (κ1) is 15.0. The van der Waals surface area contributed by atoms with Crippen LogP contribution in [0.1, 0.15) is 24.8 Å². The zero-order valence-corrected chi connectivity index (χ0v) is 12.3. The molecule has 22 heavy (non-hydrogen) atoms. The third-order valence-corrected chi connectivity index (χ3v) is 4.03. The second-order valence-electron chi connectivity index (χ2n) is 5.90. The highest BCUT2D eigenvalue weighted by atomic mass is 19.1. The number of carbonyl (C=O) groups excluding carboxylic acids is 2. The van der Waals surface area contributed by atoms with Crippen LogP contribution in [-0.4, -0.2) is 41.9 Å². The Hall–Kier alpha value is -1.95. The van der Waals surface area contributed by atoms with Gasteiger partial charge in [-0.15, -0.1) is 0 Å². The minimum absolute atomic E-state index is 0.0962. The highest BCUT2D eigenvalue weighted by molar-refractivity contribution is 5.89. The predicted octanol–water partition coefficient (Wildman–Crippen LogP) is 0.795. The lowest BCUT2D eigenvalue weighted by Gasteiger charge is -2.33. The molecule has 0 bridgehead atoms. The molecule has 2 fully saturated rings. The quantitative estimate of drug-likeness (QED) is 0.846. The van der Waals surface area contributed by atoms with E-state index in [1.54, 1.807) is 23.1 Å². The summed E-state index contributed by atoms with van der Waals surface area (Å²) in [6, 6.07) is 6.23. The molecule has 3 rings (SSSR count). The Bertz CT molecular complexity index is 574. The van der Waals surface area contributed by atoms with E-state index < -0.39 is 6.04 Å². The average Bonchev–Trinajstić information content (AvgIpc) is 3.29. The van der Waals surface area contributed by atoms with Crippen molar-refractivity contribution in [3.8, 4) is 0 Å². The van der Waals surface area contributed by atoms with E-state index in [0.717, 1.165) is 12.8 Å². The van der Waals surface area contributed by atoms with Crippen LogP contribution in [0.4, 0.5) is 4.39 Å². The van der Waals surface area contributed by atoms with E-state index in [-0.39, 0.29) is 30.6 Å². The topological polar surface area (TPSA) is 61.4 Å². The highest BCUT2D eigenvalue weighted by Gasteiger charge is 2.32. The van der Waals surface area contributed by atoms with Crippen LogP contribution in [0.5, 0.6) is 0 Å². The van der Waals surface area contributed by atoms with Crippen LogP contribution >= 0.6 is 0 Å². The largest absolute Gasteiger partial charge is 0.353 e. The summed E-state index contributed by atoms with van der Waals surface area (Å²) in [5.41, 5.74) is 0.499. The molecule has 118 valence electrons. The van der Waals surface area contributed by atoms with Crippen LogP contribution in [0.3, 0.4) is 0 Å². The monoisotopic (exact) mass is 305 g/mol. The van der Waals surface area contributed by atoms with Gasteiger partial charge in [0.1, 0.15) is 5.82 Å². The summed E-state index contributed by atoms with van der Waals surface area (Å²) in [5.74, 6) is -0.543. The predicted molar refractivity (Wildman–Crippen MR) is 79.4 cm³/mol. The van der Waals surface area contributed by atoms with Gasteiger partial charge >= 0.3 is 0 Å². The van der Waals surface area contributed by atoms with Crippen molar-refractivity contribution in [2.45, 2.75) is 37.9 Å². The third kappa shape index (κ3) is 3.62. The van der Waals surface area contributed by atoms with E-state index in [9.17, 15) is 14.0 Å². The van der Waals surface area contributed by atoms with Gasteiger partial charge in [0.2, 0.25) is 11.8 Å². The number of rotatable bonds is 5. The van der Waals surface area contributed by atoms with Gasteiger partial charge in [-0.1, -0.05) is 18.2 Å². The fourth-order valence-electron chi connectivity index (χ4n) is 2.64. The smallest absolute Gasteiger partial charge is 0.240 e. The number of halogens is 1. The molecule has 1 aliphatic heterocycles. The number of hydrogen-bond donors (Lipinski definition) is 2. The van der Waals surface area contributed by atoms with Crippen molar-refractivity contribution in [2.24, 2.45) is 0 Å². The number of carbonyl (C=O) groups is 2. The molecule has 0 spiro atoms. The molecule has 5 nitrogen and oxygen atoms in total. The molecule has 0 aromatic heterocycles. The SMILES string of the molecule is O=C(CC1NCCN(Cc2ccccc2F)C1=O)NC1CC1. The van der Waals surface area contributed by atoms with Crippen molar-refractivity contribution < 1.29 is 14.0 Å². The number of nitrogens with zero attached hydrogens (tertiary/aromatic N) is 1. The Kier molecular flexibility index (Phi) is 4.38. The Morgan fingerprint density at radius 3 is 2.86 bits per heavy atom. The van der Waals surface area contributed by atoms with Crippen molar-refractivity contribution in [3.05, 3.63) is 35.6 Å². The number of hydrogen-bond acceptors (Lipinski definition) is 3. The maximum Gasteiger partial charge on any atom is 0.240 e. The van der Waals surface area contributed by atoms with Gasteiger partial charge in [0.05, 0.1) is 12.5 Å². The molecule has 1 aromatic carbocycles. The van der Waals surface area contributed by atoms with E-state index >= 15 is 0 Å². The molecule has 0 radical (unpaired) electrons. The van der Waals surface area contributed by atoms with Crippen LogP contribution in [0.25, 0.3) is 0 Å². The summed E-state index contributed by atoms with van der Waals surface area (Å²) < 4.78 is 13.7. The van der Waals surface area contributed by atoms with Crippen molar-refractivity contribution in [1.82, 2.24) is 15.5 Å². The molecule has 2 amide bonds. The lowest BCUT2D eigenvalue weighted by molar-refractivity contribution is -0.138. The fraction of sp³-hybridized carbons (Fsp3) is 0.500. The van der Waals surface area contributed by atoms with E-state index in [0.29, 0.717) is 24.7 Å². The van der Waals surface area contributed by atoms with Gasteiger partial charge in [0.15, 0.2) is 0 Å². The Balaban J connectivity index is 1.59. The average molecular weight is 305 g/mol. The van der Waals surface area contributed by atoms with Gasteiger partial charge in [-0.05, 0) is 18.9 Å². The van der Waals surface area contributed by atoms with E-state index in [1.807, 2.05) is 0 Å². The zero-order valence-electron chi connectivity index (χ0n) is 12.3. The van der Waals surface area contributed by atoms with Gasteiger partial charge < -0.3 is 15.5 Å². The number of amides is 2. The van der Waals surface area contributed by atoms with E-state index in [2.05, 4.69) is 10.6 Å². The molecule has 1 unspecified atom stereocenters. The van der Waals surface area contributed by atoms with Gasteiger partial charge in [-0.3, -0.25) is 9.59 Å². The minimum Gasteiger partial charge on any atom is -0.353 e. The maximum absolute atomic E-state index is 13.7. The molecule has 1 saturated carbocycles. The Labute approximate surface area is 128 Å². The Morgan fingerprint density at radius 1 is 1.36 bits per heavy atom. The lowest BCUT2D eigenvalue weighted by Crippen LogP contribution is -2.56. The van der Waals surface area contributed by atoms with Crippen molar-refractivity contribution >= 4 is 11.8 Å². The first-order valence-electron chi connectivity index (χ1n) is 7.68. The molecule has 6 heteroatoms. The summed E-state index contributed by atoms with van der Waals surface area (Å²) >= 11 is 0. The standard InChI is InChI=1S/C16H20FN3O2/c17-13-4-2-1-3-11(13)10-20-8-7-18-14(16(20)22)9-15(21)19-12-5-6-12/h1-4,12,14,18H,5-10H2,(H,19,21). The number of nitrogens with one attached hydrogen (secondary N) is 2. The summed E-state index contributed by atoms with van der Waals surface area (Å²) in [4.78, 5) is 25.9. The normalized spacial score (nSPS) is 21.8. The second-order valence-corrected chi connectivity index (χ2v) is 5.90. The van der Waals surface area contributed by atoms with Gasteiger partial charge in [-0.25, -0.2) is 4.39 Å². The summed E-state index contributed by atoms with van der Waals surface area (Å²) in [6.45, 7) is 1.38. The third-order valence-electron chi connectivity index (χ3n) is 4.03. The fourth-order valence-corrected chi connectivity index (χ4v) is 2.64. The first-order chi connectivity index (χ1) is 10.6. The van der Waals surface area contributed by atoms with Crippen molar-refractivity contribution in [2.75, 3.05) is 13.1 Å². The van der Waals surface area contributed by atoms with Crippen LogP contribution in [-0.2, 0) is 16.1 Å². The first-order valence-corrected chi connectivity index (χ1v) is 7.68. The summed E-state index contributed by atoms with van der Waals surface area (Å²) in [7, 11) is 0. The van der Waals surface area contributed by atoms with Crippen LogP contribution in [0.2, 0.25) is 0 Å². The number of benzene rings is 1. The molecular formula is C16H20FN3O2. The molecule has 1 aliphatic carbocycles. The molecule has 1 atom stereocenters. The van der Waals surface area contributed by atoms with Gasteiger partial charge in [0, 0.05) is 31.2 Å². The molecule has 2 aliphatic rings. The second kappa shape index (κ2) is 6.44. The molecule has 1 heterocycles. The van der Waals surface area contributed by atoms with E-state index in [1.165, 1.54) is 6.07 Å². The van der Waals surface area contributed by atoms with Crippen molar-refractivity contribution in [1.29, 1.82) is 0 Å². The lowest BCUT2D eigenvalue weighted by atomic mass is 10.1. The molecular weight excluding hydrogens is 285 g/mol. The van der Waals surface area contributed by atoms with Crippen molar-refractivity contribution in [3.63, 3.8) is 0 Å². The van der Waals surface area contributed by atoms with Crippen LogP contribution in [0, 0.1) is 5.82 Å². The summed E-state index contributed by atoms with van der Waals surface area (Å²) in [5, 5.41) is 5.96. The highest BCUT2D eigenvalue weighted by Crippen LogP contribution is 2.19. The summed E-state index contributed by atoms with van der Waals surface area (Å²) in [6.07, 6.45) is 2.19. The molecule has 2 N–H and O–H groups in total.